The Bertz CT molecular complexity index is 211. The quantitative estimate of drug-likeness (QED) is 0.353. The molecule has 0 amide bonds. The monoisotopic (exact) mass is 270 g/mol. The van der Waals surface area contributed by atoms with Gasteiger partial charge in [0.05, 0.1) is 12.5 Å². The summed E-state index contributed by atoms with van der Waals surface area (Å²) >= 11 is 0. The van der Waals surface area contributed by atoms with E-state index in [0.29, 0.717) is 6.61 Å². The van der Waals surface area contributed by atoms with Crippen LogP contribution in [0.5, 0.6) is 0 Å². The number of unbranched alkanes of at least 4 members (excludes halogenated alkanes) is 4. The van der Waals surface area contributed by atoms with Gasteiger partial charge in [-0.15, -0.1) is 0 Å². The lowest BCUT2D eigenvalue weighted by molar-refractivity contribution is -0.149. The summed E-state index contributed by atoms with van der Waals surface area (Å²) in [6, 6.07) is 0. The van der Waals surface area contributed by atoms with Crippen molar-refractivity contribution in [3.8, 4) is 0 Å². The van der Waals surface area contributed by atoms with E-state index in [9.17, 15) is 4.79 Å². The lowest BCUT2D eigenvalue weighted by Gasteiger charge is -2.13. The Hall–Kier alpha value is -0.530. The Kier molecular flexibility index (Phi) is 12.2. The third-order valence-corrected chi connectivity index (χ3v) is 3.63. The molecule has 0 aliphatic heterocycles. The summed E-state index contributed by atoms with van der Waals surface area (Å²) < 4.78 is 5.35. The highest BCUT2D eigenvalue weighted by Gasteiger charge is 2.16. The van der Waals surface area contributed by atoms with Gasteiger partial charge in [-0.25, -0.2) is 0 Å². The van der Waals surface area contributed by atoms with Crippen molar-refractivity contribution in [2.24, 2.45) is 11.8 Å². The number of ether oxygens (including phenoxy) is 1. The molecule has 0 fully saturated rings. The van der Waals surface area contributed by atoms with Gasteiger partial charge in [0.1, 0.15) is 0 Å². The molecule has 0 bridgehead atoms. The zero-order valence-corrected chi connectivity index (χ0v) is 13.5. The van der Waals surface area contributed by atoms with Gasteiger partial charge >= 0.3 is 5.97 Å². The predicted molar refractivity (Wildman–Crippen MR) is 82.2 cm³/mol. The molecular formula is C17H34O2. The topological polar surface area (TPSA) is 26.3 Å². The maximum Gasteiger partial charge on any atom is 0.308 e. The second kappa shape index (κ2) is 12.5. The van der Waals surface area contributed by atoms with Crippen LogP contribution in [0.3, 0.4) is 0 Å². The Balaban J connectivity index is 3.40. The van der Waals surface area contributed by atoms with Gasteiger partial charge in [-0.05, 0) is 25.2 Å². The first-order valence-corrected chi connectivity index (χ1v) is 8.28. The summed E-state index contributed by atoms with van der Waals surface area (Å²) in [6.07, 6.45) is 10.4. The van der Waals surface area contributed by atoms with Crippen LogP contribution in [-0.4, -0.2) is 12.6 Å². The van der Waals surface area contributed by atoms with Gasteiger partial charge in [-0.2, -0.15) is 0 Å². The van der Waals surface area contributed by atoms with Gasteiger partial charge in [0.15, 0.2) is 0 Å². The molecule has 0 heterocycles. The first kappa shape index (κ1) is 18.5. The van der Waals surface area contributed by atoms with Crippen molar-refractivity contribution in [2.75, 3.05) is 6.61 Å². The second-order valence-electron chi connectivity index (χ2n) is 6.01. The highest BCUT2D eigenvalue weighted by Crippen LogP contribution is 2.14. The van der Waals surface area contributed by atoms with E-state index in [1.54, 1.807) is 0 Å². The highest BCUT2D eigenvalue weighted by atomic mass is 16.5. The molecule has 0 aromatic rings. The summed E-state index contributed by atoms with van der Waals surface area (Å²) in [7, 11) is 0. The predicted octanol–water partition coefficient (Wildman–Crippen LogP) is 5.35. The lowest BCUT2D eigenvalue weighted by Crippen LogP contribution is -2.17. The van der Waals surface area contributed by atoms with E-state index < -0.39 is 0 Å². The average molecular weight is 270 g/mol. The van der Waals surface area contributed by atoms with Crippen molar-refractivity contribution in [1.29, 1.82) is 0 Å². The zero-order valence-electron chi connectivity index (χ0n) is 13.5. The second-order valence-corrected chi connectivity index (χ2v) is 6.01. The minimum atomic E-state index is 0.0177. The van der Waals surface area contributed by atoms with Gasteiger partial charge in [0.25, 0.3) is 0 Å². The Labute approximate surface area is 120 Å². The van der Waals surface area contributed by atoms with Crippen molar-refractivity contribution in [3.05, 3.63) is 0 Å². The number of rotatable bonds is 12. The van der Waals surface area contributed by atoms with E-state index in [2.05, 4.69) is 27.7 Å². The van der Waals surface area contributed by atoms with Gasteiger partial charge in [0, 0.05) is 0 Å². The van der Waals surface area contributed by atoms with Crippen LogP contribution in [-0.2, 0) is 9.53 Å². The molecule has 0 spiro atoms. The van der Waals surface area contributed by atoms with Gasteiger partial charge in [0.2, 0.25) is 0 Å². The van der Waals surface area contributed by atoms with E-state index in [-0.39, 0.29) is 11.9 Å². The summed E-state index contributed by atoms with van der Waals surface area (Å²) in [4.78, 5) is 11.8. The van der Waals surface area contributed by atoms with Crippen molar-refractivity contribution in [1.82, 2.24) is 0 Å². The fourth-order valence-corrected chi connectivity index (χ4v) is 2.31. The molecule has 0 saturated carbocycles. The smallest absolute Gasteiger partial charge is 0.308 e. The maximum absolute atomic E-state index is 11.8. The molecule has 0 saturated heterocycles. The third kappa shape index (κ3) is 11.0. The van der Waals surface area contributed by atoms with Crippen LogP contribution in [0.15, 0.2) is 0 Å². The molecule has 2 nitrogen and oxygen atoms in total. The van der Waals surface area contributed by atoms with Crippen molar-refractivity contribution in [3.63, 3.8) is 0 Å². The minimum Gasteiger partial charge on any atom is -0.465 e. The van der Waals surface area contributed by atoms with Crippen LogP contribution in [0, 0.1) is 11.8 Å². The first-order valence-electron chi connectivity index (χ1n) is 8.28. The molecular weight excluding hydrogens is 236 g/mol. The molecule has 1 unspecified atom stereocenters. The summed E-state index contributed by atoms with van der Waals surface area (Å²) in [5.41, 5.74) is 0. The zero-order chi connectivity index (χ0) is 14.5. The third-order valence-electron chi connectivity index (χ3n) is 3.63. The van der Waals surface area contributed by atoms with Crippen molar-refractivity contribution in [2.45, 2.75) is 85.5 Å². The van der Waals surface area contributed by atoms with E-state index in [1.807, 2.05) is 0 Å². The van der Waals surface area contributed by atoms with Crippen molar-refractivity contribution < 1.29 is 9.53 Å². The van der Waals surface area contributed by atoms with E-state index >= 15 is 0 Å². The van der Waals surface area contributed by atoms with Gasteiger partial charge in [-0.1, -0.05) is 66.2 Å². The number of hydrogen-bond acceptors (Lipinski definition) is 2. The SMILES string of the molecule is CCCC(CC)C(=O)OCCCCCCCC(C)C. The molecule has 2 heteroatoms. The van der Waals surface area contributed by atoms with Crippen LogP contribution >= 0.6 is 0 Å². The minimum absolute atomic E-state index is 0.0177. The fraction of sp³-hybridized carbons (Fsp3) is 0.941. The standard InChI is InChI=1S/C17H34O2/c1-5-12-16(6-2)17(18)19-14-11-9-7-8-10-13-15(3)4/h15-16H,5-14H2,1-4H3. The van der Waals surface area contributed by atoms with Crippen LogP contribution in [0.4, 0.5) is 0 Å². The van der Waals surface area contributed by atoms with Crippen LogP contribution in [0.1, 0.15) is 85.5 Å². The number of hydrogen-bond donors (Lipinski definition) is 0. The number of carbonyl (C=O) groups excluding carboxylic acids is 1. The van der Waals surface area contributed by atoms with Crippen LogP contribution in [0.2, 0.25) is 0 Å². The van der Waals surface area contributed by atoms with Crippen LogP contribution in [0.25, 0.3) is 0 Å². The van der Waals surface area contributed by atoms with Gasteiger partial charge < -0.3 is 4.74 Å². The fourth-order valence-electron chi connectivity index (χ4n) is 2.31. The lowest BCUT2D eigenvalue weighted by atomic mass is 10.0. The molecule has 0 N–H and O–H groups in total. The maximum atomic E-state index is 11.8. The summed E-state index contributed by atoms with van der Waals surface area (Å²) in [5, 5.41) is 0. The molecule has 0 rings (SSSR count). The normalized spacial score (nSPS) is 12.7. The van der Waals surface area contributed by atoms with E-state index in [1.165, 1.54) is 32.1 Å². The Morgan fingerprint density at radius 3 is 2.16 bits per heavy atom. The largest absolute Gasteiger partial charge is 0.465 e. The summed E-state index contributed by atoms with van der Waals surface area (Å²) in [6.45, 7) is 9.35. The Morgan fingerprint density at radius 1 is 0.947 bits per heavy atom. The Morgan fingerprint density at radius 2 is 1.58 bits per heavy atom. The van der Waals surface area contributed by atoms with Crippen molar-refractivity contribution >= 4 is 5.97 Å². The molecule has 114 valence electrons. The molecule has 0 radical (unpaired) electrons. The summed E-state index contributed by atoms with van der Waals surface area (Å²) in [5.74, 6) is 0.964. The molecule has 0 aromatic heterocycles. The average Bonchev–Trinajstić information content (AvgIpc) is 2.38. The van der Waals surface area contributed by atoms with E-state index in [4.69, 9.17) is 4.74 Å². The molecule has 1 atom stereocenters. The van der Waals surface area contributed by atoms with Crippen LogP contribution < -0.4 is 0 Å². The number of carbonyl (C=O) groups is 1. The van der Waals surface area contributed by atoms with Gasteiger partial charge in [-0.3, -0.25) is 4.79 Å². The highest BCUT2D eigenvalue weighted by molar-refractivity contribution is 5.72. The number of esters is 1. The molecule has 19 heavy (non-hydrogen) atoms. The molecule has 0 aliphatic carbocycles. The van der Waals surface area contributed by atoms with E-state index in [0.717, 1.165) is 31.6 Å². The molecule has 0 aromatic carbocycles. The molecule has 0 aliphatic rings. The first-order chi connectivity index (χ1) is 9.11.